The fraction of sp³-hybridized carbons (Fsp3) is 0.391. The predicted molar refractivity (Wildman–Crippen MR) is 111 cm³/mol. The van der Waals surface area contributed by atoms with Crippen molar-refractivity contribution in [3.8, 4) is 5.75 Å². The van der Waals surface area contributed by atoms with Crippen molar-refractivity contribution in [3.63, 3.8) is 0 Å². The van der Waals surface area contributed by atoms with Gasteiger partial charge >= 0.3 is 0 Å². The topological polar surface area (TPSA) is 58.6 Å². The summed E-state index contributed by atoms with van der Waals surface area (Å²) in [4.78, 5) is 27.4. The van der Waals surface area contributed by atoms with Crippen molar-refractivity contribution in [2.24, 2.45) is 0 Å². The molecule has 1 atom stereocenters. The molecule has 0 bridgehead atoms. The minimum absolute atomic E-state index is 0.0556. The summed E-state index contributed by atoms with van der Waals surface area (Å²) in [6.07, 6.45) is 0.825. The van der Waals surface area contributed by atoms with Crippen LogP contribution in [0.25, 0.3) is 0 Å². The Labute approximate surface area is 167 Å². The number of nitrogens with zero attached hydrogens (tertiary/aromatic N) is 1. The van der Waals surface area contributed by atoms with Crippen molar-refractivity contribution in [2.45, 2.75) is 46.2 Å². The van der Waals surface area contributed by atoms with Crippen molar-refractivity contribution in [3.05, 3.63) is 64.7 Å². The number of hydrogen-bond donors (Lipinski definition) is 1. The summed E-state index contributed by atoms with van der Waals surface area (Å²) in [7, 11) is 3.22. The fourth-order valence-corrected chi connectivity index (χ4v) is 3.27. The first-order chi connectivity index (χ1) is 13.4. The molecule has 150 valence electrons. The molecule has 2 aromatic carbocycles. The lowest BCUT2D eigenvalue weighted by Crippen LogP contribution is -2.48. The molecule has 0 aromatic heterocycles. The van der Waals surface area contributed by atoms with Gasteiger partial charge in [0.05, 0.1) is 13.5 Å². The number of carbonyl (C=O) groups is 2. The van der Waals surface area contributed by atoms with E-state index in [4.69, 9.17) is 4.74 Å². The Kier molecular flexibility index (Phi) is 7.61. The van der Waals surface area contributed by atoms with Gasteiger partial charge in [0.2, 0.25) is 11.8 Å². The highest BCUT2D eigenvalue weighted by Crippen LogP contribution is 2.19. The molecular formula is C23H30N2O3. The van der Waals surface area contributed by atoms with Gasteiger partial charge in [-0.3, -0.25) is 9.59 Å². The van der Waals surface area contributed by atoms with Gasteiger partial charge in [0.25, 0.3) is 0 Å². The van der Waals surface area contributed by atoms with E-state index in [0.29, 0.717) is 13.0 Å². The maximum Gasteiger partial charge on any atom is 0.242 e. The summed E-state index contributed by atoms with van der Waals surface area (Å²) >= 11 is 0. The van der Waals surface area contributed by atoms with Gasteiger partial charge in [-0.1, -0.05) is 42.8 Å². The lowest BCUT2D eigenvalue weighted by molar-refractivity contribution is -0.140. The zero-order valence-corrected chi connectivity index (χ0v) is 17.4. The minimum Gasteiger partial charge on any atom is -0.497 e. The maximum atomic E-state index is 13.2. The highest BCUT2D eigenvalue weighted by Gasteiger charge is 2.28. The van der Waals surface area contributed by atoms with Gasteiger partial charge in [0.1, 0.15) is 11.8 Å². The van der Waals surface area contributed by atoms with Gasteiger partial charge in [-0.2, -0.15) is 0 Å². The molecule has 0 unspecified atom stereocenters. The molecule has 28 heavy (non-hydrogen) atoms. The molecule has 0 spiro atoms. The largest absolute Gasteiger partial charge is 0.497 e. The van der Waals surface area contributed by atoms with E-state index in [-0.39, 0.29) is 18.2 Å². The molecule has 2 rings (SSSR count). The molecule has 0 aliphatic rings. The summed E-state index contributed by atoms with van der Waals surface area (Å²) in [6, 6.07) is 13.2. The Morgan fingerprint density at radius 1 is 1.11 bits per heavy atom. The molecule has 2 aromatic rings. The van der Waals surface area contributed by atoms with Crippen LogP contribution in [0.3, 0.4) is 0 Å². The average molecular weight is 383 g/mol. The highest BCUT2D eigenvalue weighted by atomic mass is 16.5. The quantitative estimate of drug-likeness (QED) is 0.761. The third kappa shape index (κ3) is 5.35. The zero-order valence-electron chi connectivity index (χ0n) is 17.4. The van der Waals surface area contributed by atoms with Crippen molar-refractivity contribution in [1.29, 1.82) is 0 Å². The molecule has 5 heteroatoms. The number of benzene rings is 2. The molecule has 0 fully saturated rings. The van der Waals surface area contributed by atoms with Crippen LogP contribution < -0.4 is 10.1 Å². The first-order valence-electron chi connectivity index (χ1n) is 9.59. The minimum atomic E-state index is -0.510. The highest BCUT2D eigenvalue weighted by molar-refractivity contribution is 5.88. The number of ether oxygens (including phenoxy) is 1. The van der Waals surface area contributed by atoms with Gasteiger partial charge in [0.15, 0.2) is 0 Å². The summed E-state index contributed by atoms with van der Waals surface area (Å²) < 4.78 is 5.20. The van der Waals surface area contributed by atoms with E-state index in [9.17, 15) is 9.59 Å². The first kappa shape index (κ1) is 21.5. The predicted octanol–water partition coefficient (Wildman–Crippen LogP) is 3.41. The Morgan fingerprint density at radius 3 is 2.36 bits per heavy atom. The second-order valence-electron chi connectivity index (χ2n) is 7.01. The SMILES string of the molecule is CC[C@H](C(=O)NC)N(Cc1ccc(OC)cc1)C(=O)Cc1cc(C)ccc1C. The number of carbonyl (C=O) groups excluding carboxylic acids is 2. The summed E-state index contributed by atoms with van der Waals surface area (Å²) in [5.41, 5.74) is 4.15. The van der Waals surface area contributed by atoms with Crippen LogP contribution in [-0.4, -0.2) is 36.9 Å². The molecule has 1 N–H and O–H groups in total. The summed E-state index contributed by atoms with van der Waals surface area (Å²) in [5.74, 6) is 0.556. The molecule has 0 radical (unpaired) electrons. The number of aryl methyl sites for hydroxylation is 2. The molecular weight excluding hydrogens is 352 g/mol. The van der Waals surface area contributed by atoms with Crippen LogP contribution in [0.2, 0.25) is 0 Å². The summed E-state index contributed by atoms with van der Waals surface area (Å²) in [6.45, 7) is 6.32. The smallest absolute Gasteiger partial charge is 0.242 e. The van der Waals surface area contributed by atoms with Gasteiger partial charge < -0.3 is 15.0 Å². The van der Waals surface area contributed by atoms with E-state index >= 15 is 0 Å². The zero-order chi connectivity index (χ0) is 20.7. The van der Waals surface area contributed by atoms with E-state index in [2.05, 4.69) is 5.32 Å². The van der Waals surface area contributed by atoms with Crippen LogP contribution in [0, 0.1) is 13.8 Å². The third-order valence-electron chi connectivity index (χ3n) is 4.99. The fourth-order valence-electron chi connectivity index (χ4n) is 3.27. The van der Waals surface area contributed by atoms with Crippen molar-refractivity contribution in [2.75, 3.05) is 14.2 Å². The van der Waals surface area contributed by atoms with Gasteiger partial charge in [-0.15, -0.1) is 0 Å². The molecule has 5 nitrogen and oxygen atoms in total. The standard InChI is InChI=1S/C23H30N2O3/c1-6-21(23(27)24-4)25(15-18-9-11-20(28-5)12-10-18)22(26)14-19-13-16(2)7-8-17(19)3/h7-13,21H,6,14-15H2,1-5H3,(H,24,27)/t21-/m1/s1. The van der Waals surface area contributed by atoms with E-state index < -0.39 is 6.04 Å². The van der Waals surface area contributed by atoms with Crippen LogP contribution >= 0.6 is 0 Å². The first-order valence-corrected chi connectivity index (χ1v) is 9.59. The molecule has 0 aliphatic carbocycles. The normalized spacial score (nSPS) is 11.6. The Bertz CT molecular complexity index is 815. The molecule has 0 aliphatic heterocycles. The van der Waals surface area contributed by atoms with Crippen molar-refractivity contribution >= 4 is 11.8 Å². The van der Waals surface area contributed by atoms with Gasteiger partial charge in [-0.05, 0) is 49.1 Å². The molecule has 0 saturated carbocycles. The van der Waals surface area contributed by atoms with Crippen LogP contribution in [-0.2, 0) is 22.6 Å². The third-order valence-corrected chi connectivity index (χ3v) is 4.99. The Morgan fingerprint density at radius 2 is 1.79 bits per heavy atom. The number of rotatable bonds is 8. The number of nitrogens with one attached hydrogen (secondary N) is 1. The van der Waals surface area contributed by atoms with Crippen LogP contribution in [0.4, 0.5) is 0 Å². The number of methoxy groups -OCH3 is 1. The van der Waals surface area contributed by atoms with E-state index in [0.717, 1.165) is 28.0 Å². The monoisotopic (exact) mass is 382 g/mol. The molecule has 0 heterocycles. The average Bonchev–Trinajstić information content (AvgIpc) is 2.70. The lowest BCUT2D eigenvalue weighted by Gasteiger charge is -2.30. The van der Waals surface area contributed by atoms with E-state index in [1.165, 1.54) is 0 Å². The molecule has 2 amide bonds. The van der Waals surface area contributed by atoms with Gasteiger partial charge in [0, 0.05) is 13.6 Å². The lowest BCUT2D eigenvalue weighted by atomic mass is 10.0. The van der Waals surface area contributed by atoms with Crippen molar-refractivity contribution in [1.82, 2.24) is 10.2 Å². The van der Waals surface area contributed by atoms with Crippen LogP contribution in [0.15, 0.2) is 42.5 Å². The Hall–Kier alpha value is -2.82. The number of hydrogen-bond acceptors (Lipinski definition) is 3. The summed E-state index contributed by atoms with van der Waals surface area (Å²) in [5, 5.41) is 2.69. The van der Waals surface area contributed by atoms with Crippen LogP contribution in [0.5, 0.6) is 5.75 Å². The molecule has 0 saturated heterocycles. The second-order valence-corrected chi connectivity index (χ2v) is 7.01. The number of likely N-dealkylation sites (N-methyl/N-ethyl adjacent to an activating group) is 1. The van der Waals surface area contributed by atoms with E-state index in [1.54, 1.807) is 19.1 Å². The van der Waals surface area contributed by atoms with Gasteiger partial charge in [-0.25, -0.2) is 0 Å². The second kappa shape index (κ2) is 9.93. The number of amides is 2. The van der Waals surface area contributed by atoms with Crippen molar-refractivity contribution < 1.29 is 14.3 Å². The van der Waals surface area contributed by atoms with E-state index in [1.807, 2.05) is 63.2 Å². The maximum absolute atomic E-state index is 13.2. The Balaban J connectivity index is 2.31. The van der Waals surface area contributed by atoms with Crippen LogP contribution in [0.1, 0.15) is 35.6 Å².